The number of amides is 4. The Morgan fingerprint density at radius 3 is 2.19 bits per heavy atom. The third-order valence-electron chi connectivity index (χ3n) is 11.4. The number of nitrogens with zero attached hydrogens (tertiary/aromatic N) is 5. The van der Waals surface area contributed by atoms with Crippen LogP contribution in [-0.4, -0.2) is 120 Å². The molecule has 52 heavy (non-hydrogen) atoms. The topological polar surface area (TPSA) is 174 Å². The Kier molecular flexibility index (Phi) is 17.0. The lowest BCUT2D eigenvalue weighted by Crippen LogP contribution is -2.60. The summed E-state index contributed by atoms with van der Waals surface area (Å²) < 4.78 is 13.6. The third kappa shape index (κ3) is 10.8. The Labute approximate surface area is 312 Å². The largest absolute Gasteiger partial charge is 0.379 e. The molecule has 0 radical (unpaired) electrons. The van der Waals surface area contributed by atoms with Crippen LogP contribution in [0.1, 0.15) is 111 Å². The molecule has 0 spiro atoms. The first-order valence-corrected chi connectivity index (χ1v) is 19.5. The van der Waals surface area contributed by atoms with Crippen LogP contribution in [-0.2, 0) is 41.5 Å². The molecule has 4 amide bonds. The number of hydrogen-bond acceptors (Lipinski definition) is 9. The first-order valence-electron chi connectivity index (χ1n) is 19.5. The number of aromatic nitrogens is 3. The molecule has 1 fully saturated rings. The van der Waals surface area contributed by atoms with Crippen LogP contribution in [0.2, 0.25) is 0 Å². The minimum Gasteiger partial charge on any atom is -0.379 e. The number of primary amides is 1. The van der Waals surface area contributed by atoms with Gasteiger partial charge in [0.2, 0.25) is 23.6 Å². The molecule has 15 heteroatoms. The Bertz CT molecular complexity index is 1330. The number of rotatable bonds is 19. The Hall–Kier alpha value is -3.04. The van der Waals surface area contributed by atoms with Crippen molar-refractivity contribution in [2.45, 2.75) is 149 Å². The van der Waals surface area contributed by atoms with Crippen molar-refractivity contribution in [1.82, 2.24) is 35.2 Å². The fourth-order valence-corrected chi connectivity index (χ4v) is 8.01. The summed E-state index contributed by atoms with van der Waals surface area (Å²) in [6.45, 7) is 14.2. The van der Waals surface area contributed by atoms with Crippen molar-refractivity contribution in [2.75, 3.05) is 27.8 Å². The molecule has 1 saturated heterocycles. The lowest BCUT2D eigenvalue weighted by atomic mass is 9.89. The maximum atomic E-state index is 14.4. The van der Waals surface area contributed by atoms with Crippen molar-refractivity contribution in [3.8, 4) is 0 Å². The van der Waals surface area contributed by atoms with Crippen molar-refractivity contribution in [3.05, 3.63) is 11.4 Å². The molecule has 1 aliphatic carbocycles. The average Bonchev–Trinajstić information content (AvgIpc) is 3.73. The predicted molar refractivity (Wildman–Crippen MR) is 202 cm³/mol. The van der Waals surface area contributed by atoms with Crippen LogP contribution < -0.4 is 16.3 Å². The number of methoxy groups -OCH3 is 2. The molecule has 1 unspecified atom stereocenters. The van der Waals surface area contributed by atoms with Gasteiger partial charge in [-0.2, -0.15) is 0 Å². The van der Waals surface area contributed by atoms with Crippen LogP contribution in [0, 0.1) is 23.7 Å². The number of likely N-dealkylation sites (tertiary alicyclic amines) is 1. The highest BCUT2D eigenvalue weighted by atomic mass is 16.5. The van der Waals surface area contributed by atoms with E-state index in [1.54, 1.807) is 30.9 Å². The molecule has 2 heterocycles. The van der Waals surface area contributed by atoms with Gasteiger partial charge in [-0.15, -0.1) is 5.10 Å². The highest BCUT2D eigenvalue weighted by molar-refractivity contribution is 6.30. The van der Waals surface area contributed by atoms with E-state index < -0.39 is 42.2 Å². The zero-order chi connectivity index (χ0) is 38.7. The molecule has 14 nitrogen and oxygen atoms in total. The lowest BCUT2D eigenvalue weighted by molar-refractivity contribution is -0.147. The quantitative estimate of drug-likeness (QED) is 0.181. The van der Waals surface area contributed by atoms with Gasteiger partial charge in [-0.1, -0.05) is 72.9 Å². The zero-order valence-electron chi connectivity index (χ0n) is 33.5. The van der Waals surface area contributed by atoms with Crippen molar-refractivity contribution >= 4 is 31.2 Å². The third-order valence-corrected chi connectivity index (χ3v) is 11.4. The van der Waals surface area contributed by atoms with Crippen LogP contribution in [0.5, 0.6) is 0 Å². The maximum Gasteiger partial charge on any atom is 0.349 e. The number of nitrogens with two attached hydrogens (primary N) is 1. The monoisotopic (exact) mass is 731 g/mol. The van der Waals surface area contributed by atoms with Gasteiger partial charge in [0, 0.05) is 33.5 Å². The predicted octanol–water partition coefficient (Wildman–Crippen LogP) is 2.21. The number of ether oxygens (including phenoxy) is 2. The minimum absolute atomic E-state index is 0.0154. The summed E-state index contributed by atoms with van der Waals surface area (Å²) in [5.41, 5.74) is 7.79. The minimum atomic E-state index is -0.799. The highest BCUT2D eigenvalue weighted by Crippen LogP contribution is 2.29. The van der Waals surface area contributed by atoms with Crippen LogP contribution in [0.4, 0.5) is 0 Å². The Morgan fingerprint density at radius 2 is 1.62 bits per heavy atom. The van der Waals surface area contributed by atoms with E-state index in [-0.39, 0.29) is 47.9 Å². The fraction of sp³-hybridized carbons (Fsp3) is 0.838. The number of carbonyl (C=O) groups excluding carboxylic acids is 4. The van der Waals surface area contributed by atoms with Crippen LogP contribution in [0.15, 0.2) is 0 Å². The zero-order valence-corrected chi connectivity index (χ0v) is 33.5. The normalized spacial score (nSPS) is 20.5. The second-order valence-corrected chi connectivity index (χ2v) is 15.7. The van der Waals surface area contributed by atoms with Gasteiger partial charge in [0.25, 0.3) is 0 Å². The van der Waals surface area contributed by atoms with Gasteiger partial charge in [0.05, 0.1) is 48.4 Å². The number of carbonyl (C=O) groups is 4. The number of likely N-dealkylation sites (N-methyl/N-ethyl adjacent to an activating group) is 1. The van der Waals surface area contributed by atoms with Crippen molar-refractivity contribution < 1.29 is 28.7 Å². The van der Waals surface area contributed by atoms with Crippen LogP contribution >= 0.6 is 0 Å². The van der Waals surface area contributed by atoms with E-state index in [2.05, 4.69) is 20.9 Å². The second kappa shape index (κ2) is 20.4. The molecule has 1 aliphatic heterocycles. The molecule has 0 bridgehead atoms. The molecule has 1 aromatic rings. The number of nitrogens with one attached hydrogen (secondary N) is 2. The van der Waals surface area contributed by atoms with Crippen molar-refractivity contribution in [2.24, 2.45) is 29.4 Å². The summed E-state index contributed by atoms with van der Waals surface area (Å²) >= 11 is 0. The molecule has 294 valence electrons. The van der Waals surface area contributed by atoms with E-state index >= 15 is 0 Å². The lowest BCUT2D eigenvalue weighted by Gasteiger charge is -2.41. The fourth-order valence-electron chi connectivity index (χ4n) is 8.01. The number of fused-ring (bicyclic) bond motifs is 1. The first kappa shape index (κ1) is 43.4. The van der Waals surface area contributed by atoms with Crippen LogP contribution in [0.3, 0.4) is 0 Å². The van der Waals surface area contributed by atoms with Gasteiger partial charge >= 0.3 is 7.55 Å². The highest BCUT2D eigenvalue weighted by Gasteiger charge is 2.42. The number of aryl methyl sites for hydroxylation is 1. The SMILES string of the molecule is CC[C@H](C)[C@@H]([C@@H](CC(=O)N1CCC[C@H]1[C@H](OC)[C@@H](C)C(N)=O)OC)N(C)C(=O)[C@@H](NC(=O)C(NBn1nnc2c1CCCCCC2)C(C)C)C(C)C. The van der Waals surface area contributed by atoms with Gasteiger partial charge in [-0.3, -0.25) is 23.8 Å². The molecule has 3 rings (SSSR count). The standard InChI is InChI=1S/C37H67BN8O6/c1-11-24(6)33(29(51-9)21-30(47)45-20-16-19-28(45)34(52-10)25(7)35(39)48)44(8)37(50)32(23(4)5)40-36(49)31(22(2)3)41-38-46-27-18-15-13-12-14-17-26(27)42-43-46/h22-25,28-29,31-34,38,41H,11-21H2,1-10H3,(H2,39,48)(H,40,49)/t24-,25+,28-,29+,31?,32-,33-,34+/m0/s1. The van der Waals surface area contributed by atoms with Crippen molar-refractivity contribution in [1.29, 1.82) is 0 Å². The molecular formula is C37H67BN8O6. The summed E-state index contributed by atoms with van der Waals surface area (Å²) in [6, 6.07) is -2.10. The van der Waals surface area contributed by atoms with Gasteiger partial charge < -0.3 is 35.6 Å². The Morgan fingerprint density at radius 1 is 0.962 bits per heavy atom. The van der Waals surface area contributed by atoms with Gasteiger partial charge in [0.15, 0.2) is 0 Å². The summed E-state index contributed by atoms with van der Waals surface area (Å²) in [5, 5.41) is 15.3. The van der Waals surface area contributed by atoms with Crippen molar-refractivity contribution in [3.63, 3.8) is 0 Å². The van der Waals surface area contributed by atoms with E-state index in [9.17, 15) is 19.2 Å². The van der Waals surface area contributed by atoms with E-state index in [4.69, 9.17) is 15.2 Å². The smallest absolute Gasteiger partial charge is 0.349 e. The Balaban J connectivity index is 1.76. The molecule has 0 aromatic carbocycles. The molecule has 4 N–H and O–H groups in total. The average molecular weight is 731 g/mol. The number of hydrogen-bond donors (Lipinski definition) is 3. The van der Waals surface area contributed by atoms with Gasteiger partial charge in [0.1, 0.15) is 6.04 Å². The van der Waals surface area contributed by atoms with Gasteiger partial charge in [-0.05, 0) is 56.3 Å². The summed E-state index contributed by atoms with van der Waals surface area (Å²) in [7, 11) is 5.19. The first-order chi connectivity index (χ1) is 24.7. The van der Waals surface area contributed by atoms with E-state index in [1.165, 1.54) is 20.0 Å². The van der Waals surface area contributed by atoms with E-state index in [0.717, 1.165) is 49.9 Å². The van der Waals surface area contributed by atoms with Gasteiger partial charge in [-0.25, -0.2) is 0 Å². The summed E-state index contributed by atoms with van der Waals surface area (Å²) in [5.74, 6) is -1.92. The second-order valence-electron chi connectivity index (χ2n) is 15.7. The molecule has 1 aromatic heterocycles. The molecule has 0 saturated carbocycles. The summed E-state index contributed by atoms with van der Waals surface area (Å²) in [4.78, 5) is 57.7. The summed E-state index contributed by atoms with van der Waals surface area (Å²) in [6.07, 6.45) is 7.61. The molecule has 2 aliphatic rings. The molecular weight excluding hydrogens is 663 g/mol. The molecule has 8 atom stereocenters. The van der Waals surface area contributed by atoms with E-state index in [0.29, 0.717) is 20.5 Å². The van der Waals surface area contributed by atoms with E-state index in [1.807, 2.05) is 46.1 Å². The van der Waals surface area contributed by atoms with Crippen LogP contribution in [0.25, 0.3) is 0 Å². The maximum absolute atomic E-state index is 14.4.